The zero-order valence-electron chi connectivity index (χ0n) is 9.94. The molecule has 2 atom stereocenters. The smallest absolute Gasteiger partial charge is 0.307 e. The molecule has 2 N–H and O–H groups in total. The van der Waals surface area contributed by atoms with Crippen molar-refractivity contribution >= 4 is 27.8 Å². The predicted molar refractivity (Wildman–Crippen MR) is 70.0 cm³/mol. The number of halogens is 1. The van der Waals surface area contributed by atoms with Crippen LogP contribution in [-0.2, 0) is 16.1 Å². The van der Waals surface area contributed by atoms with Crippen LogP contribution in [0.4, 0.5) is 0 Å². The number of benzene rings is 1. The first-order valence-electron chi connectivity index (χ1n) is 5.74. The fraction of sp³-hybridized carbons (Fsp3) is 0.385. The third-order valence-corrected chi connectivity index (χ3v) is 3.70. The van der Waals surface area contributed by atoms with E-state index >= 15 is 0 Å². The molecule has 2 unspecified atom stereocenters. The maximum atomic E-state index is 11.7. The number of rotatable bonds is 4. The van der Waals surface area contributed by atoms with E-state index in [2.05, 4.69) is 21.2 Å². The van der Waals surface area contributed by atoms with E-state index in [4.69, 9.17) is 5.11 Å². The fourth-order valence-electron chi connectivity index (χ4n) is 1.90. The first kappa shape index (κ1) is 13.1. The molecule has 1 saturated carbocycles. The molecule has 5 heteroatoms. The van der Waals surface area contributed by atoms with E-state index in [9.17, 15) is 9.59 Å². The number of aliphatic carboxylic acids is 1. The summed E-state index contributed by atoms with van der Waals surface area (Å²) in [5.41, 5.74) is 2.13. The summed E-state index contributed by atoms with van der Waals surface area (Å²) < 4.78 is 0.965. The molecule has 1 aromatic carbocycles. The highest BCUT2D eigenvalue weighted by molar-refractivity contribution is 9.10. The Morgan fingerprint density at radius 3 is 2.78 bits per heavy atom. The molecule has 96 valence electrons. The highest BCUT2D eigenvalue weighted by Crippen LogP contribution is 2.38. The summed E-state index contributed by atoms with van der Waals surface area (Å²) in [6.45, 7) is 2.41. The molecular weight excluding hydrogens is 298 g/mol. The van der Waals surface area contributed by atoms with E-state index < -0.39 is 11.9 Å². The van der Waals surface area contributed by atoms with Gasteiger partial charge < -0.3 is 10.4 Å². The van der Waals surface area contributed by atoms with Gasteiger partial charge in [-0.3, -0.25) is 9.59 Å². The van der Waals surface area contributed by atoms with Crippen LogP contribution in [0.15, 0.2) is 22.7 Å². The molecule has 0 aliphatic heterocycles. The van der Waals surface area contributed by atoms with Crippen molar-refractivity contribution in [3.63, 3.8) is 0 Å². The van der Waals surface area contributed by atoms with Gasteiger partial charge >= 0.3 is 5.97 Å². The van der Waals surface area contributed by atoms with E-state index in [0.29, 0.717) is 13.0 Å². The van der Waals surface area contributed by atoms with Crippen LogP contribution in [0.25, 0.3) is 0 Å². The van der Waals surface area contributed by atoms with Gasteiger partial charge in [-0.15, -0.1) is 0 Å². The zero-order valence-corrected chi connectivity index (χ0v) is 11.5. The molecule has 0 aromatic heterocycles. The SMILES string of the molecule is Cc1ccc(Br)cc1CNC(=O)C1CC1C(=O)O. The average molecular weight is 312 g/mol. The largest absolute Gasteiger partial charge is 0.481 e. The molecule has 1 aromatic rings. The Morgan fingerprint density at radius 2 is 2.17 bits per heavy atom. The first-order valence-corrected chi connectivity index (χ1v) is 6.54. The van der Waals surface area contributed by atoms with Gasteiger partial charge in [0, 0.05) is 11.0 Å². The third-order valence-electron chi connectivity index (χ3n) is 3.21. The second kappa shape index (κ2) is 5.10. The summed E-state index contributed by atoms with van der Waals surface area (Å²) in [4.78, 5) is 22.4. The van der Waals surface area contributed by atoms with E-state index in [0.717, 1.165) is 15.6 Å². The maximum Gasteiger partial charge on any atom is 0.307 e. The Labute approximate surface area is 114 Å². The van der Waals surface area contributed by atoms with Gasteiger partial charge in [0.2, 0.25) is 5.91 Å². The quantitative estimate of drug-likeness (QED) is 0.895. The summed E-state index contributed by atoms with van der Waals surface area (Å²) in [6.07, 6.45) is 0.457. The minimum absolute atomic E-state index is 0.165. The molecule has 0 spiro atoms. The van der Waals surface area contributed by atoms with Gasteiger partial charge in [0.1, 0.15) is 0 Å². The van der Waals surface area contributed by atoms with Crippen molar-refractivity contribution in [3.8, 4) is 0 Å². The highest BCUT2D eigenvalue weighted by atomic mass is 79.9. The number of nitrogens with one attached hydrogen (secondary N) is 1. The van der Waals surface area contributed by atoms with Crippen LogP contribution in [-0.4, -0.2) is 17.0 Å². The number of hydrogen-bond donors (Lipinski definition) is 2. The second-order valence-corrected chi connectivity index (χ2v) is 5.49. The number of carboxylic acid groups (broad SMARTS) is 1. The Morgan fingerprint density at radius 1 is 1.44 bits per heavy atom. The number of hydrogen-bond acceptors (Lipinski definition) is 2. The van der Waals surface area contributed by atoms with Crippen LogP contribution < -0.4 is 5.32 Å². The van der Waals surface area contributed by atoms with Crippen molar-refractivity contribution in [1.29, 1.82) is 0 Å². The number of carbonyl (C=O) groups is 2. The molecule has 18 heavy (non-hydrogen) atoms. The number of aryl methyl sites for hydroxylation is 1. The lowest BCUT2D eigenvalue weighted by molar-refractivity contribution is -0.140. The average Bonchev–Trinajstić information content (AvgIpc) is 3.10. The molecule has 1 fully saturated rings. The van der Waals surface area contributed by atoms with E-state index in [1.807, 2.05) is 25.1 Å². The predicted octanol–water partition coefficient (Wildman–Crippen LogP) is 2.09. The molecular formula is C13H14BrNO3. The van der Waals surface area contributed by atoms with Gasteiger partial charge in [-0.25, -0.2) is 0 Å². The van der Waals surface area contributed by atoms with Gasteiger partial charge in [0.05, 0.1) is 11.8 Å². The van der Waals surface area contributed by atoms with Gasteiger partial charge in [-0.1, -0.05) is 22.0 Å². The standard InChI is InChI=1S/C13H14BrNO3/c1-7-2-3-9(14)4-8(7)6-15-12(16)10-5-11(10)13(17)18/h2-4,10-11H,5-6H2,1H3,(H,15,16)(H,17,18). The normalized spacial score (nSPS) is 21.4. The van der Waals surface area contributed by atoms with Crippen molar-refractivity contribution in [2.45, 2.75) is 19.9 Å². The molecule has 0 radical (unpaired) electrons. The minimum atomic E-state index is -0.881. The van der Waals surface area contributed by atoms with Crippen LogP contribution in [0.3, 0.4) is 0 Å². The fourth-order valence-corrected chi connectivity index (χ4v) is 2.31. The number of amides is 1. The molecule has 4 nitrogen and oxygen atoms in total. The summed E-state index contributed by atoms with van der Waals surface area (Å²) in [5.74, 6) is -1.89. The van der Waals surface area contributed by atoms with Crippen LogP contribution >= 0.6 is 15.9 Å². The van der Waals surface area contributed by atoms with Crippen molar-refractivity contribution in [2.24, 2.45) is 11.8 Å². The summed E-state index contributed by atoms with van der Waals surface area (Å²) >= 11 is 3.38. The van der Waals surface area contributed by atoms with Crippen LogP contribution in [0.5, 0.6) is 0 Å². The Bertz CT molecular complexity index is 501. The molecule has 0 bridgehead atoms. The molecule has 1 amide bonds. The lowest BCUT2D eigenvalue weighted by atomic mass is 10.1. The van der Waals surface area contributed by atoms with Crippen molar-refractivity contribution < 1.29 is 14.7 Å². The highest BCUT2D eigenvalue weighted by Gasteiger charge is 2.48. The Balaban J connectivity index is 1.90. The Kier molecular flexibility index (Phi) is 3.71. The number of carbonyl (C=O) groups excluding carboxylic acids is 1. The van der Waals surface area contributed by atoms with Crippen molar-refractivity contribution in [2.75, 3.05) is 0 Å². The Hall–Kier alpha value is -1.36. The topological polar surface area (TPSA) is 66.4 Å². The van der Waals surface area contributed by atoms with Crippen LogP contribution in [0.2, 0.25) is 0 Å². The minimum Gasteiger partial charge on any atom is -0.481 e. The summed E-state index contributed by atoms with van der Waals surface area (Å²) in [5, 5.41) is 11.5. The lowest BCUT2D eigenvalue weighted by Gasteiger charge is -2.08. The maximum absolute atomic E-state index is 11.7. The summed E-state index contributed by atoms with van der Waals surface area (Å²) in [6, 6.07) is 5.88. The van der Waals surface area contributed by atoms with Crippen LogP contribution in [0.1, 0.15) is 17.5 Å². The van der Waals surface area contributed by atoms with Gasteiger partial charge in [-0.05, 0) is 36.6 Å². The molecule has 1 aliphatic carbocycles. The van der Waals surface area contributed by atoms with Gasteiger partial charge in [0.15, 0.2) is 0 Å². The van der Waals surface area contributed by atoms with E-state index in [-0.39, 0.29) is 11.8 Å². The van der Waals surface area contributed by atoms with Gasteiger partial charge in [-0.2, -0.15) is 0 Å². The summed E-state index contributed by atoms with van der Waals surface area (Å²) in [7, 11) is 0. The van der Waals surface area contributed by atoms with Crippen molar-refractivity contribution in [3.05, 3.63) is 33.8 Å². The molecule has 1 aliphatic rings. The van der Waals surface area contributed by atoms with Crippen LogP contribution in [0, 0.1) is 18.8 Å². The zero-order chi connectivity index (χ0) is 13.3. The monoisotopic (exact) mass is 311 g/mol. The third kappa shape index (κ3) is 2.90. The second-order valence-electron chi connectivity index (χ2n) is 4.58. The van der Waals surface area contributed by atoms with E-state index in [1.54, 1.807) is 0 Å². The van der Waals surface area contributed by atoms with Gasteiger partial charge in [0.25, 0.3) is 0 Å². The first-order chi connectivity index (χ1) is 8.49. The molecule has 0 heterocycles. The number of carboxylic acids is 1. The molecule has 2 rings (SSSR count). The van der Waals surface area contributed by atoms with Crippen molar-refractivity contribution in [1.82, 2.24) is 5.32 Å². The lowest BCUT2D eigenvalue weighted by Crippen LogP contribution is -2.26. The van der Waals surface area contributed by atoms with E-state index in [1.165, 1.54) is 0 Å². The molecule has 0 saturated heterocycles.